The molecule has 5 rings (SSSR count). The molecule has 22 heavy (non-hydrogen) atoms. The zero-order valence-corrected chi connectivity index (χ0v) is 13.7. The molecule has 0 saturated carbocycles. The van der Waals surface area contributed by atoms with Crippen LogP contribution < -0.4 is 9.64 Å². The number of ether oxygens (including phenoxy) is 1. The van der Waals surface area contributed by atoms with Crippen molar-refractivity contribution in [3.63, 3.8) is 0 Å². The number of thiazole rings is 1. The largest absolute Gasteiger partial charge is 0.497 e. The minimum Gasteiger partial charge on any atom is -0.497 e. The third-order valence-electron chi connectivity index (χ3n) is 4.77. The summed E-state index contributed by atoms with van der Waals surface area (Å²) in [6.07, 6.45) is 4.63. The van der Waals surface area contributed by atoms with Gasteiger partial charge in [0.15, 0.2) is 0 Å². The molecule has 0 amide bonds. The molecule has 3 aliphatic heterocycles. The maximum absolute atomic E-state index is 5.22. The summed E-state index contributed by atoms with van der Waals surface area (Å²) in [6, 6.07) is 8.86. The predicted octanol–water partition coefficient (Wildman–Crippen LogP) is 3.10. The second kappa shape index (κ2) is 5.89. The predicted molar refractivity (Wildman–Crippen MR) is 90.9 cm³/mol. The molecule has 116 valence electrons. The number of fused-ring (bicyclic) bond motifs is 4. The molecular formula is C17H21N3OS. The Morgan fingerprint density at radius 2 is 1.86 bits per heavy atom. The van der Waals surface area contributed by atoms with Gasteiger partial charge in [0.2, 0.25) is 0 Å². The standard InChI is InChI=1S/C17H21N3OS/c1-21-15-4-2-13(3-5-15)17-18-12-16(22-17)20-11-10-19-8-6-14(20)7-9-19/h2-5,12,14H,6-11H2,1H3. The molecule has 1 aromatic heterocycles. The van der Waals surface area contributed by atoms with Crippen LogP contribution in [0, 0.1) is 0 Å². The first-order valence-electron chi connectivity index (χ1n) is 7.93. The van der Waals surface area contributed by atoms with Crippen molar-refractivity contribution in [1.82, 2.24) is 9.88 Å². The highest BCUT2D eigenvalue weighted by atomic mass is 32.1. The lowest BCUT2D eigenvalue weighted by molar-refractivity contribution is 0.250. The van der Waals surface area contributed by atoms with E-state index in [0.717, 1.165) is 17.3 Å². The van der Waals surface area contributed by atoms with Crippen LogP contribution in [-0.2, 0) is 0 Å². The lowest BCUT2D eigenvalue weighted by Gasteiger charge is -2.31. The number of methoxy groups -OCH3 is 1. The fourth-order valence-electron chi connectivity index (χ4n) is 3.44. The molecule has 3 aliphatic rings. The van der Waals surface area contributed by atoms with Gasteiger partial charge in [0.1, 0.15) is 15.8 Å². The van der Waals surface area contributed by atoms with Crippen molar-refractivity contribution in [1.29, 1.82) is 0 Å². The van der Waals surface area contributed by atoms with E-state index in [4.69, 9.17) is 4.74 Å². The Morgan fingerprint density at radius 1 is 1.09 bits per heavy atom. The fraction of sp³-hybridized carbons (Fsp3) is 0.471. The summed E-state index contributed by atoms with van der Waals surface area (Å²) in [5.74, 6) is 0.888. The van der Waals surface area contributed by atoms with E-state index < -0.39 is 0 Å². The molecule has 4 nitrogen and oxygen atoms in total. The summed E-state index contributed by atoms with van der Waals surface area (Å²) in [6.45, 7) is 4.83. The molecule has 5 heteroatoms. The monoisotopic (exact) mass is 315 g/mol. The number of piperidine rings is 1. The van der Waals surface area contributed by atoms with Crippen molar-refractivity contribution >= 4 is 16.3 Å². The minimum atomic E-state index is 0.697. The van der Waals surface area contributed by atoms with Crippen LogP contribution in [-0.4, -0.2) is 49.2 Å². The molecule has 3 saturated heterocycles. The molecule has 0 spiro atoms. The van der Waals surface area contributed by atoms with Crippen molar-refractivity contribution in [3.8, 4) is 16.3 Å². The zero-order chi connectivity index (χ0) is 14.9. The highest BCUT2D eigenvalue weighted by Gasteiger charge is 2.30. The second-order valence-corrected chi connectivity index (χ2v) is 7.01. The van der Waals surface area contributed by atoms with E-state index in [9.17, 15) is 0 Å². The number of hydrogen-bond acceptors (Lipinski definition) is 5. The first kappa shape index (κ1) is 14.0. The van der Waals surface area contributed by atoms with Gasteiger partial charge in [-0.2, -0.15) is 0 Å². The second-order valence-electron chi connectivity index (χ2n) is 6.00. The Balaban J connectivity index is 1.57. The number of anilines is 1. The Hall–Kier alpha value is -1.59. The number of aromatic nitrogens is 1. The Bertz CT molecular complexity index is 632. The molecule has 0 atom stereocenters. The number of hydrogen-bond donors (Lipinski definition) is 0. The summed E-state index contributed by atoms with van der Waals surface area (Å²) in [5, 5.41) is 2.41. The number of nitrogens with zero attached hydrogens (tertiary/aromatic N) is 3. The zero-order valence-electron chi connectivity index (χ0n) is 12.9. The van der Waals surface area contributed by atoms with E-state index >= 15 is 0 Å². The highest BCUT2D eigenvalue weighted by Crippen LogP contribution is 2.35. The average molecular weight is 315 g/mol. The number of benzene rings is 1. The molecule has 3 fully saturated rings. The minimum absolute atomic E-state index is 0.697. The van der Waals surface area contributed by atoms with Gasteiger partial charge in [-0.1, -0.05) is 11.3 Å². The molecule has 0 N–H and O–H groups in total. The van der Waals surface area contributed by atoms with Gasteiger partial charge in [-0.25, -0.2) is 4.98 Å². The Kier molecular flexibility index (Phi) is 3.76. The van der Waals surface area contributed by atoms with E-state index in [1.54, 1.807) is 7.11 Å². The maximum Gasteiger partial charge on any atom is 0.125 e. The Morgan fingerprint density at radius 3 is 2.59 bits per heavy atom. The molecule has 4 heterocycles. The van der Waals surface area contributed by atoms with Gasteiger partial charge >= 0.3 is 0 Å². The van der Waals surface area contributed by atoms with Crippen LogP contribution in [0.1, 0.15) is 12.8 Å². The lowest BCUT2D eigenvalue weighted by atomic mass is 10.1. The van der Waals surface area contributed by atoms with Crippen molar-refractivity contribution < 1.29 is 4.74 Å². The third-order valence-corrected chi connectivity index (χ3v) is 5.85. The van der Waals surface area contributed by atoms with Crippen molar-refractivity contribution in [2.75, 3.05) is 38.2 Å². The van der Waals surface area contributed by atoms with Crippen LogP contribution in [0.15, 0.2) is 30.5 Å². The van der Waals surface area contributed by atoms with Crippen LogP contribution in [0.25, 0.3) is 10.6 Å². The van der Waals surface area contributed by atoms with E-state index in [0.29, 0.717) is 6.04 Å². The van der Waals surface area contributed by atoms with E-state index in [2.05, 4.69) is 33.1 Å². The molecular weight excluding hydrogens is 294 g/mol. The summed E-state index contributed by atoms with van der Waals surface area (Å²) < 4.78 is 5.22. The van der Waals surface area contributed by atoms with Gasteiger partial charge in [0.05, 0.1) is 13.3 Å². The Labute approximate surface area is 135 Å². The number of rotatable bonds is 3. The summed E-state index contributed by atoms with van der Waals surface area (Å²) in [4.78, 5) is 9.82. The lowest BCUT2D eigenvalue weighted by Crippen LogP contribution is -2.37. The van der Waals surface area contributed by atoms with E-state index in [1.165, 1.54) is 43.0 Å². The first-order valence-corrected chi connectivity index (χ1v) is 8.74. The summed E-state index contributed by atoms with van der Waals surface area (Å²) >= 11 is 1.81. The molecule has 0 aliphatic carbocycles. The first-order chi connectivity index (χ1) is 10.8. The van der Waals surface area contributed by atoms with Gasteiger partial charge in [-0.15, -0.1) is 0 Å². The van der Waals surface area contributed by atoms with Gasteiger partial charge < -0.3 is 14.5 Å². The van der Waals surface area contributed by atoms with Crippen LogP contribution >= 0.6 is 11.3 Å². The van der Waals surface area contributed by atoms with Gasteiger partial charge in [0.25, 0.3) is 0 Å². The smallest absolute Gasteiger partial charge is 0.125 e. The normalized spacial score (nSPS) is 24.3. The fourth-order valence-corrected chi connectivity index (χ4v) is 4.46. The molecule has 0 unspecified atom stereocenters. The maximum atomic E-state index is 5.22. The van der Waals surface area contributed by atoms with Crippen molar-refractivity contribution in [3.05, 3.63) is 30.5 Å². The van der Waals surface area contributed by atoms with Gasteiger partial charge in [0, 0.05) is 37.8 Å². The molecule has 2 aromatic rings. The SMILES string of the molecule is COc1ccc(-c2ncc(N3CCN4CCC3CC4)s2)cc1. The van der Waals surface area contributed by atoms with Crippen LogP contribution in [0.4, 0.5) is 5.00 Å². The van der Waals surface area contributed by atoms with E-state index in [-0.39, 0.29) is 0 Å². The van der Waals surface area contributed by atoms with Crippen LogP contribution in [0.2, 0.25) is 0 Å². The van der Waals surface area contributed by atoms with Crippen LogP contribution in [0.3, 0.4) is 0 Å². The van der Waals surface area contributed by atoms with Crippen molar-refractivity contribution in [2.45, 2.75) is 18.9 Å². The average Bonchev–Trinajstić information content (AvgIpc) is 2.87. The summed E-state index contributed by atoms with van der Waals surface area (Å²) in [5.41, 5.74) is 1.17. The molecule has 1 aromatic carbocycles. The highest BCUT2D eigenvalue weighted by molar-refractivity contribution is 7.18. The van der Waals surface area contributed by atoms with Crippen molar-refractivity contribution in [2.24, 2.45) is 0 Å². The quantitative estimate of drug-likeness (QED) is 0.870. The molecule has 2 bridgehead atoms. The van der Waals surface area contributed by atoms with E-state index in [1.807, 2.05) is 23.5 Å². The topological polar surface area (TPSA) is 28.6 Å². The molecule has 0 radical (unpaired) electrons. The summed E-state index contributed by atoms with van der Waals surface area (Å²) in [7, 11) is 1.70. The third kappa shape index (κ3) is 2.59. The van der Waals surface area contributed by atoms with Crippen LogP contribution in [0.5, 0.6) is 5.75 Å². The van der Waals surface area contributed by atoms with Gasteiger partial charge in [-0.05, 0) is 37.1 Å². The van der Waals surface area contributed by atoms with Gasteiger partial charge in [-0.3, -0.25) is 0 Å².